The molecule has 0 radical (unpaired) electrons. The van der Waals surface area contributed by atoms with Crippen molar-refractivity contribution in [2.45, 2.75) is 12.7 Å². The number of pyridine rings is 1. The molecule has 13 heteroatoms. The predicted octanol–water partition coefficient (Wildman–Crippen LogP) is 6.42. The SMILES string of the molecule is COc1cc([AsH]c2c(C#N)cnc3cc(-c4coc(CN5CCN(c6ccc(C(F)(F)F)cc6)CC5)c4)c(OC)cc23)c(Cl)cc1Cl. The van der Waals surface area contributed by atoms with Gasteiger partial charge in [0.15, 0.2) is 0 Å². The predicted molar refractivity (Wildman–Crippen MR) is 179 cm³/mol. The topological polar surface area (TPSA) is 74.8 Å². The van der Waals surface area contributed by atoms with E-state index >= 15 is 0 Å². The van der Waals surface area contributed by atoms with Gasteiger partial charge < -0.3 is 4.90 Å². The van der Waals surface area contributed by atoms with E-state index in [4.69, 9.17) is 37.1 Å². The van der Waals surface area contributed by atoms with E-state index in [9.17, 15) is 18.4 Å². The van der Waals surface area contributed by atoms with Crippen molar-refractivity contribution in [3.8, 4) is 28.7 Å². The number of rotatable bonds is 8. The third-order valence-corrected chi connectivity index (χ3v) is 12.1. The molecular weight excluding hydrogens is 715 g/mol. The zero-order valence-electron chi connectivity index (χ0n) is 25.3. The van der Waals surface area contributed by atoms with Gasteiger partial charge in [-0.15, -0.1) is 0 Å². The second kappa shape index (κ2) is 13.7. The van der Waals surface area contributed by atoms with Crippen LogP contribution in [0.1, 0.15) is 16.9 Å². The van der Waals surface area contributed by atoms with Gasteiger partial charge in [0, 0.05) is 5.69 Å². The molecule has 0 N–H and O–H groups in total. The molecule has 0 bridgehead atoms. The summed E-state index contributed by atoms with van der Waals surface area (Å²) in [6.45, 7) is 3.43. The Kier molecular flexibility index (Phi) is 9.63. The van der Waals surface area contributed by atoms with Crippen LogP contribution in [0.2, 0.25) is 10.0 Å². The zero-order chi connectivity index (χ0) is 33.3. The summed E-state index contributed by atoms with van der Waals surface area (Å²) in [5.74, 6) is 1.90. The van der Waals surface area contributed by atoms with Crippen molar-refractivity contribution in [3.05, 3.63) is 94.0 Å². The molecule has 1 atom stereocenters. The van der Waals surface area contributed by atoms with Crippen LogP contribution in [0, 0.1) is 11.3 Å². The molecule has 47 heavy (non-hydrogen) atoms. The van der Waals surface area contributed by atoms with E-state index in [1.54, 1.807) is 32.7 Å². The number of furan rings is 1. The van der Waals surface area contributed by atoms with Crippen LogP contribution in [0.4, 0.5) is 18.9 Å². The first-order valence-corrected chi connectivity index (χ1v) is 17.4. The molecule has 7 nitrogen and oxygen atoms in total. The van der Waals surface area contributed by atoms with Crippen molar-refractivity contribution in [2.24, 2.45) is 0 Å². The van der Waals surface area contributed by atoms with Gasteiger partial charge in [-0.2, -0.15) is 13.2 Å². The van der Waals surface area contributed by atoms with Crippen molar-refractivity contribution < 1.29 is 27.1 Å². The van der Waals surface area contributed by atoms with Gasteiger partial charge in [0.2, 0.25) is 0 Å². The number of benzene rings is 3. The number of nitrogens with zero attached hydrogens (tertiary/aromatic N) is 4. The molecule has 0 amide bonds. The Hall–Kier alpha value is -3.87. The van der Waals surface area contributed by atoms with Gasteiger partial charge in [-0.1, -0.05) is 0 Å². The summed E-state index contributed by atoms with van der Waals surface area (Å²) >= 11 is 11.7. The average Bonchev–Trinajstić information content (AvgIpc) is 3.53. The first-order chi connectivity index (χ1) is 22.6. The van der Waals surface area contributed by atoms with Crippen molar-refractivity contribution in [2.75, 3.05) is 45.3 Å². The Morgan fingerprint density at radius 1 is 0.957 bits per heavy atom. The van der Waals surface area contributed by atoms with E-state index in [0.29, 0.717) is 52.3 Å². The van der Waals surface area contributed by atoms with Crippen LogP contribution in [-0.4, -0.2) is 66.0 Å². The Labute approximate surface area is 286 Å². The summed E-state index contributed by atoms with van der Waals surface area (Å²) in [6, 6.07) is 16.9. The number of hydrogen-bond acceptors (Lipinski definition) is 7. The van der Waals surface area contributed by atoms with Gasteiger partial charge in [0.05, 0.1) is 5.56 Å². The van der Waals surface area contributed by atoms with E-state index in [2.05, 4.69) is 20.9 Å². The third kappa shape index (κ3) is 7.05. The summed E-state index contributed by atoms with van der Waals surface area (Å²) in [6.07, 6.45) is -1.07. The fourth-order valence-electron chi connectivity index (χ4n) is 5.60. The average molecular weight is 743 g/mol. The maximum atomic E-state index is 12.9. The molecule has 3 aromatic carbocycles. The number of fused-ring (bicyclic) bond motifs is 1. The summed E-state index contributed by atoms with van der Waals surface area (Å²) in [7, 11) is 3.14. The molecule has 2 aromatic heterocycles. The summed E-state index contributed by atoms with van der Waals surface area (Å²) in [5, 5.41) is 11.7. The van der Waals surface area contributed by atoms with Crippen molar-refractivity contribution in [1.29, 1.82) is 5.26 Å². The molecule has 3 heterocycles. The molecule has 1 fully saturated rings. The van der Waals surface area contributed by atoms with E-state index in [-0.39, 0.29) is 0 Å². The molecular formula is C34H28AsCl2F3N4O3. The number of piperazine rings is 1. The zero-order valence-corrected chi connectivity index (χ0v) is 28.9. The first kappa shape index (κ1) is 33.0. The number of alkyl halides is 3. The summed E-state index contributed by atoms with van der Waals surface area (Å²) in [4.78, 5) is 8.93. The quantitative estimate of drug-likeness (QED) is 0.170. The Morgan fingerprint density at radius 2 is 1.68 bits per heavy atom. The number of aromatic nitrogens is 1. The monoisotopic (exact) mass is 742 g/mol. The molecule has 0 spiro atoms. The Morgan fingerprint density at radius 3 is 2.34 bits per heavy atom. The van der Waals surface area contributed by atoms with Gasteiger partial charge in [0.1, 0.15) is 0 Å². The van der Waals surface area contributed by atoms with E-state index in [1.165, 1.54) is 12.1 Å². The third-order valence-electron chi connectivity index (χ3n) is 8.09. The fourth-order valence-corrected chi connectivity index (χ4v) is 8.94. The Bertz CT molecular complexity index is 1970. The minimum absolute atomic E-state index is 0.416. The molecule has 1 aliphatic heterocycles. The van der Waals surface area contributed by atoms with Gasteiger partial charge in [-0.3, -0.25) is 0 Å². The van der Waals surface area contributed by atoms with Crippen LogP contribution in [0.15, 0.2) is 71.5 Å². The first-order valence-electron chi connectivity index (χ1n) is 14.5. The number of hydrogen-bond donors (Lipinski definition) is 0. The van der Waals surface area contributed by atoms with E-state index in [0.717, 1.165) is 61.9 Å². The molecule has 5 aromatic rings. The molecule has 0 saturated carbocycles. The molecule has 1 aliphatic rings. The van der Waals surface area contributed by atoms with Crippen LogP contribution in [-0.2, 0) is 12.7 Å². The van der Waals surface area contributed by atoms with Crippen LogP contribution >= 0.6 is 23.2 Å². The van der Waals surface area contributed by atoms with Crippen LogP contribution in [0.3, 0.4) is 0 Å². The normalized spacial score (nSPS) is 14.2. The van der Waals surface area contributed by atoms with Crippen LogP contribution in [0.25, 0.3) is 22.0 Å². The number of halogens is 5. The summed E-state index contributed by atoms with van der Waals surface area (Å²) < 4.78 is 57.8. The van der Waals surface area contributed by atoms with Crippen LogP contribution in [0.5, 0.6) is 11.5 Å². The summed E-state index contributed by atoms with van der Waals surface area (Å²) in [5.41, 5.74) is 2.94. The number of ether oxygens (including phenoxy) is 2. The van der Waals surface area contributed by atoms with Crippen molar-refractivity contribution >= 4 is 64.2 Å². The molecule has 0 aliphatic carbocycles. The van der Waals surface area contributed by atoms with Gasteiger partial charge >= 0.3 is 234 Å². The Balaban J connectivity index is 1.20. The molecule has 1 unspecified atom stereocenters. The molecule has 6 rings (SSSR count). The van der Waals surface area contributed by atoms with Gasteiger partial charge in [-0.25, -0.2) is 0 Å². The number of anilines is 1. The van der Waals surface area contributed by atoms with Crippen molar-refractivity contribution in [3.63, 3.8) is 0 Å². The maximum absolute atomic E-state index is 12.9. The standard InChI is InChI=1S/C34H28AsCl2F3N4O3/c1-45-31-13-26-30(42-17-21(16-41)33(26)35-27-14-32(46-2)29(37)15-28(27)36)12-25(31)20-11-24(47-19-20)18-43-7-9-44(10-8-43)23-5-3-22(4-6-23)34(38,39)40/h3-6,11-15,17,19,35H,7-10,18H2,1-2H3. The molecule has 1 saturated heterocycles. The second-order valence-electron chi connectivity index (χ2n) is 10.9. The minimum atomic E-state index is -4.35. The second-order valence-corrected chi connectivity index (χ2v) is 14.4. The molecule has 242 valence electrons. The van der Waals surface area contributed by atoms with Crippen molar-refractivity contribution in [1.82, 2.24) is 9.88 Å². The number of methoxy groups -OCH3 is 2. The van der Waals surface area contributed by atoms with Gasteiger partial charge in [0.25, 0.3) is 0 Å². The number of nitriles is 1. The van der Waals surface area contributed by atoms with Gasteiger partial charge in [-0.05, 0) is 24.3 Å². The van der Waals surface area contributed by atoms with Crippen LogP contribution < -0.4 is 23.1 Å². The van der Waals surface area contributed by atoms with E-state index in [1.807, 2.05) is 24.3 Å². The fraction of sp³-hybridized carbons (Fsp3) is 0.235. The van der Waals surface area contributed by atoms with E-state index < -0.39 is 27.5 Å².